The van der Waals surface area contributed by atoms with E-state index in [9.17, 15) is 10.1 Å². The molecule has 1 rings (SSSR count). The zero-order chi connectivity index (χ0) is 11.3. The number of rotatable bonds is 5. The van der Waals surface area contributed by atoms with Gasteiger partial charge in [0.1, 0.15) is 0 Å². The molecule has 0 aliphatic rings. The van der Waals surface area contributed by atoms with Gasteiger partial charge in [0, 0.05) is 18.2 Å². The fourth-order valence-electron chi connectivity index (χ4n) is 1.46. The van der Waals surface area contributed by atoms with Gasteiger partial charge in [0.2, 0.25) is 0 Å². The van der Waals surface area contributed by atoms with Crippen molar-refractivity contribution in [2.45, 2.75) is 32.2 Å². The van der Waals surface area contributed by atoms with Gasteiger partial charge in [-0.05, 0) is 12.0 Å². The van der Waals surface area contributed by atoms with Crippen LogP contribution in [-0.4, -0.2) is 4.92 Å². The molecular formula is C11H17ClN2O2. The number of nitro benzene ring substituents is 1. The molecule has 0 heterocycles. The van der Waals surface area contributed by atoms with E-state index < -0.39 is 4.92 Å². The Morgan fingerprint density at radius 3 is 2.75 bits per heavy atom. The molecule has 5 heteroatoms. The topological polar surface area (TPSA) is 69.2 Å². The number of nitrogens with two attached hydrogens (primary N) is 1. The third-order valence-electron chi connectivity index (χ3n) is 2.38. The maximum Gasteiger partial charge on any atom is 0.269 e. The quantitative estimate of drug-likeness (QED) is 0.639. The first-order valence-electron chi connectivity index (χ1n) is 5.15. The van der Waals surface area contributed by atoms with Crippen LogP contribution in [0, 0.1) is 10.1 Å². The SMILES string of the molecule is CCCC[C@H](N)c1cccc([N+](=O)[O-])c1.Cl. The van der Waals surface area contributed by atoms with Crippen LogP contribution in [0.1, 0.15) is 37.8 Å². The summed E-state index contributed by atoms with van der Waals surface area (Å²) in [7, 11) is 0. The summed E-state index contributed by atoms with van der Waals surface area (Å²) in [5.74, 6) is 0. The van der Waals surface area contributed by atoms with E-state index in [-0.39, 0.29) is 24.1 Å². The van der Waals surface area contributed by atoms with Crippen LogP contribution in [0.3, 0.4) is 0 Å². The molecule has 0 amide bonds. The van der Waals surface area contributed by atoms with Crippen molar-refractivity contribution in [3.8, 4) is 0 Å². The van der Waals surface area contributed by atoms with Gasteiger partial charge in [-0.1, -0.05) is 31.9 Å². The smallest absolute Gasteiger partial charge is 0.269 e. The number of benzene rings is 1. The molecule has 1 aromatic rings. The van der Waals surface area contributed by atoms with Gasteiger partial charge >= 0.3 is 0 Å². The number of hydrogen-bond donors (Lipinski definition) is 1. The van der Waals surface area contributed by atoms with Gasteiger partial charge in [-0.2, -0.15) is 0 Å². The Labute approximate surface area is 101 Å². The first kappa shape index (κ1) is 14.9. The second-order valence-electron chi connectivity index (χ2n) is 3.60. The minimum atomic E-state index is -0.393. The Morgan fingerprint density at radius 1 is 1.50 bits per heavy atom. The molecule has 0 saturated heterocycles. The van der Waals surface area contributed by atoms with Gasteiger partial charge in [-0.15, -0.1) is 12.4 Å². The molecule has 0 spiro atoms. The van der Waals surface area contributed by atoms with E-state index in [0.29, 0.717) is 0 Å². The van der Waals surface area contributed by atoms with E-state index in [0.717, 1.165) is 24.8 Å². The molecule has 1 atom stereocenters. The zero-order valence-corrected chi connectivity index (χ0v) is 10.1. The highest BCUT2D eigenvalue weighted by Crippen LogP contribution is 2.21. The monoisotopic (exact) mass is 244 g/mol. The molecule has 0 bridgehead atoms. The predicted octanol–water partition coefficient (Wildman–Crippen LogP) is 3.21. The van der Waals surface area contributed by atoms with Gasteiger partial charge in [0.25, 0.3) is 5.69 Å². The van der Waals surface area contributed by atoms with Crippen molar-refractivity contribution in [3.63, 3.8) is 0 Å². The summed E-state index contributed by atoms with van der Waals surface area (Å²) in [6.07, 6.45) is 3.00. The van der Waals surface area contributed by atoms with Crippen LogP contribution < -0.4 is 5.73 Å². The number of nitro groups is 1. The highest BCUT2D eigenvalue weighted by Gasteiger charge is 2.10. The average molecular weight is 245 g/mol. The predicted molar refractivity (Wildman–Crippen MR) is 66.8 cm³/mol. The molecule has 0 saturated carbocycles. The second-order valence-corrected chi connectivity index (χ2v) is 3.60. The van der Waals surface area contributed by atoms with Crippen molar-refractivity contribution in [1.82, 2.24) is 0 Å². The molecule has 0 fully saturated rings. The van der Waals surface area contributed by atoms with Crippen LogP contribution in [0.15, 0.2) is 24.3 Å². The van der Waals surface area contributed by atoms with Gasteiger partial charge in [0.15, 0.2) is 0 Å². The fourth-order valence-corrected chi connectivity index (χ4v) is 1.46. The van der Waals surface area contributed by atoms with E-state index >= 15 is 0 Å². The van der Waals surface area contributed by atoms with Gasteiger partial charge < -0.3 is 5.73 Å². The summed E-state index contributed by atoms with van der Waals surface area (Å²) in [5, 5.41) is 10.6. The van der Waals surface area contributed by atoms with Crippen LogP contribution >= 0.6 is 12.4 Å². The second kappa shape index (κ2) is 7.19. The van der Waals surface area contributed by atoms with Crippen molar-refractivity contribution < 1.29 is 4.92 Å². The third-order valence-corrected chi connectivity index (χ3v) is 2.38. The van der Waals surface area contributed by atoms with Crippen molar-refractivity contribution >= 4 is 18.1 Å². The van der Waals surface area contributed by atoms with E-state index in [4.69, 9.17) is 5.73 Å². The molecule has 0 unspecified atom stereocenters. The molecule has 0 aliphatic heterocycles. The van der Waals surface area contributed by atoms with Crippen molar-refractivity contribution in [3.05, 3.63) is 39.9 Å². The Kier molecular flexibility index (Phi) is 6.69. The van der Waals surface area contributed by atoms with Gasteiger partial charge in [0.05, 0.1) is 4.92 Å². The minimum absolute atomic E-state index is 0. The van der Waals surface area contributed by atoms with Crippen LogP contribution in [0.4, 0.5) is 5.69 Å². The highest BCUT2D eigenvalue weighted by molar-refractivity contribution is 5.85. The lowest BCUT2D eigenvalue weighted by Gasteiger charge is -2.10. The summed E-state index contributed by atoms with van der Waals surface area (Å²) in [6, 6.07) is 6.47. The largest absolute Gasteiger partial charge is 0.324 e. The Hall–Kier alpha value is -1.13. The van der Waals surface area contributed by atoms with E-state index in [1.807, 2.05) is 6.07 Å². The Bertz CT molecular complexity index is 345. The molecule has 0 aromatic heterocycles. The maximum atomic E-state index is 10.6. The number of hydrogen-bond acceptors (Lipinski definition) is 3. The standard InChI is InChI=1S/C11H16N2O2.ClH/c1-2-3-7-11(12)9-5-4-6-10(8-9)13(14)15;/h4-6,8,11H,2-3,7,12H2,1H3;1H/t11-;/m0./s1. The maximum absolute atomic E-state index is 10.6. The van der Waals surface area contributed by atoms with Gasteiger partial charge in [-0.3, -0.25) is 10.1 Å². The first-order valence-corrected chi connectivity index (χ1v) is 5.15. The minimum Gasteiger partial charge on any atom is -0.324 e. The molecule has 2 N–H and O–H groups in total. The molecule has 4 nitrogen and oxygen atoms in total. The van der Waals surface area contributed by atoms with E-state index in [1.165, 1.54) is 6.07 Å². The summed E-state index contributed by atoms with van der Waals surface area (Å²) >= 11 is 0. The average Bonchev–Trinajstić information content (AvgIpc) is 2.26. The summed E-state index contributed by atoms with van der Waals surface area (Å²) in [6.45, 7) is 2.10. The zero-order valence-electron chi connectivity index (χ0n) is 9.26. The number of nitrogens with zero attached hydrogens (tertiary/aromatic N) is 1. The Morgan fingerprint density at radius 2 is 2.19 bits per heavy atom. The molecule has 1 aromatic carbocycles. The van der Waals surface area contributed by atoms with Gasteiger partial charge in [-0.25, -0.2) is 0 Å². The molecule has 90 valence electrons. The normalized spacial score (nSPS) is 11.6. The molecule has 16 heavy (non-hydrogen) atoms. The highest BCUT2D eigenvalue weighted by atomic mass is 35.5. The summed E-state index contributed by atoms with van der Waals surface area (Å²) < 4.78 is 0. The number of non-ortho nitro benzene ring substituents is 1. The first-order chi connectivity index (χ1) is 7.15. The Balaban J connectivity index is 0.00000225. The van der Waals surface area contributed by atoms with Crippen LogP contribution in [0.25, 0.3) is 0 Å². The number of unbranched alkanes of at least 4 members (excludes halogenated alkanes) is 1. The van der Waals surface area contributed by atoms with Crippen LogP contribution in [-0.2, 0) is 0 Å². The van der Waals surface area contributed by atoms with Crippen molar-refractivity contribution in [2.75, 3.05) is 0 Å². The summed E-state index contributed by atoms with van der Waals surface area (Å²) in [4.78, 5) is 10.2. The third kappa shape index (κ3) is 4.16. The van der Waals surface area contributed by atoms with Crippen LogP contribution in [0.5, 0.6) is 0 Å². The fraction of sp³-hybridized carbons (Fsp3) is 0.455. The molecular weight excluding hydrogens is 228 g/mol. The lowest BCUT2D eigenvalue weighted by molar-refractivity contribution is -0.384. The number of halogens is 1. The van der Waals surface area contributed by atoms with E-state index in [2.05, 4.69) is 6.92 Å². The summed E-state index contributed by atoms with van der Waals surface area (Å²) in [5.41, 5.74) is 6.88. The van der Waals surface area contributed by atoms with Crippen molar-refractivity contribution in [2.24, 2.45) is 5.73 Å². The van der Waals surface area contributed by atoms with Crippen molar-refractivity contribution in [1.29, 1.82) is 0 Å². The lowest BCUT2D eigenvalue weighted by atomic mass is 10.0. The van der Waals surface area contributed by atoms with E-state index in [1.54, 1.807) is 12.1 Å². The molecule has 0 radical (unpaired) electrons. The lowest BCUT2D eigenvalue weighted by Crippen LogP contribution is -2.10. The molecule has 0 aliphatic carbocycles. The van der Waals surface area contributed by atoms with Crippen LogP contribution in [0.2, 0.25) is 0 Å².